The van der Waals surface area contributed by atoms with E-state index in [1.807, 2.05) is 6.92 Å². The Bertz CT molecular complexity index is 379. The summed E-state index contributed by atoms with van der Waals surface area (Å²) in [4.78, 5) is 11.6. The molecule has 1 atom stereocenters. The van der Waals surface area contributed by atoms with E-state index >= 15 is 0 Å². The van der Waals surface area contributed by atoms with Gasteiger partial charge in [-0.25, -0.2) is 8.78 Å². The number of hydrogen-bond donors (Lipinski definition) is 1. The zero-order chi connectivity index (χ0) is 12.1. The lowest BCUT2D eigenvalue weighted by atomic mass is 10.0. The number of carbonyl (C=O) groups excluding carboxylic acids is 1. The number of ketones is 1. The van der Waals surface area contributed by atoms with E-state index in [9.17, 15) is 13.6 Å². The topological polar surface area (TPSA) is 43.1 Å². The first-order chi connectivity index (χ1) is 7.54. The maximum Gasteiger partial charge on any atom is 0.167 e. The Morgan fingerprint density at radius 2 is 2.12 bits per heavy atom. The molecule has 4 heteroatoms. The summed E-state index contributed by atoms with van der Waals surface area (Å²) in [6, 6.07) is 2.56. The highest BCUT2D eigenvalue weighted by atomic mass is 19.1. The second kappa shape index (κ2) is 5.70. The van der Waals surface area contributed by atoms with Gasteiger partial charge in [0.05, 0.1) is 5.56 Å². The highest BCUT2D eigenvalue weighted by molar-refractivity contribution is 5.96. The van der Waals surface area contributed by atoms with Crippen molar-refractivity contribution in [3.05, 3.63) is 35.4 Å². The van der Waals surface area contributed by atoms with E-state index in [4.69, 9.17) is 5.73 Å². The van der Waals surface area contributed by atoms with E-state index in [1.165, 1.54) is 0 Å². The molecule has 1 unspecified atom stereocenters. The number of carbonyl (C=O) groups is 1. The van der Waals surface area contributed by atoms with Crippen LogP contribution in [0.15, 0.2) is 18.2 Å². The predicted molar refractivity (Wildman–Crippen MR) is 58.2 cm³/mol. The summed E-state index contributed by atoms with van der Waals surface area (Å²) in [6.07, 6.45) is 1.61. The Kier molecular flexibility index (Phi) is 4.55. The monoisotopic (exact) mass is 227 g/mol. The van der Waals surface area contributed by atoms with Crippen LogP contribution in [0.4, 0.5) is 8.78 Å². The molecule has 2 N–H and O–H groups in total. The van der Waals surface area contributed by atoms with E-state index in [0.717, 1.165) is 24.6 Å². The van der Waals surface area contributed by atoms with E-state index in [-0.39, 0.29) is 18.0 Å². The number of halogens is 2. The van der Waals surface area contributed by atoms with Crippen LogP contribution in [0, 0.1) is 11.6 Å². The lowest BCUT2D eigenvalue weighted by molar-refractivity contribution is 0.0969. The van der Waals surface area contributed by atoms with Crippen LogP contribution in [-0.2, 0) is 0 Å². The summed E-state index contributed by atoms with van der Waals surface area (Å²) in [7, 11) is 0. The predicted octanol–water partition coefficient (Wildman–Crippen LogP) is 2.67. The standard InChI is InChI=1S/C12H15F2NO/c1-2-3-9(15)7-12(16)10-6-8(13)4-5-11(10)14/h4-6,9H,2-3,7,15H2,1H3. The van der Waals surface area contributed by atoms with Gasteiger partial charge in [0.1, 0.15) is 11.6 Å². The van der Waals surface area contributed by atoms with Crippen molar-refractivity contribution in [2.45, 2.75) is 32.2 Å². The van der Waals surface area contributed by atoms with Gasteiger partial charge < -0.3 is 5.73 Å². The first kappa shape index (κ1) is 12.8. The summed E-state index contributed by atoms with van der Waals surface area (Å²) in [5.74, 6) is -1.76. The van der Waals surface area contributed by atoms with E-state index < -0.39 is 17.4 Å². The van der Waals surface area contributed by atoms with Gasteiger partial charge in [-0.1, -0.05) is 13.3 Å². The maximum absolute atomic E-state index is 13.2. The molecule has 1 rings (SSSR count). The molecule has 1 aromatic rings. The SMILES string of the molecule is CCCC(N)CC(=O)c1cc(F)ccc1F. The van der Waals surface area contributed by atoms with E-state index in [0.29, 0.717) is 6.42 Å². The van der Waals surface area contributed by atoms with Crippen LogP contribution in [0.3, 0.4) is 0 Å². The van der Waals surface area contributed by atoms with Crippen LogP contribution in [0.25, 0.3) is 0 Å². The minimum absolute atomic E-state index is 0.0498. The molecule has 0 radical (unpaired) electrons. The summed E-state index contributed by atoms with van der Waals surface area (Å²) in [6.45, 7) is 1.95. The molecule has 0 bridgehead atoms. The first-order valence-electron chi connectivity index (χ1n) is 5.28. The molecule has 0 amide bonds. The van der Waals surface area contributed by atoms with Gasteiger partial charge in [0.25, 0.3) is 0 Å². The normalized spacial score (nSPS) is 12.5. The van der Waals surface area contributed by atoms with Gasteiger partial charge in [-0.3, -0.25) is 4.79 Å². The third kappa shape index (κ3) is 3.38. The van der Waals surface area contributed by atoms with Crippen LogP contribution in [0.2, 0.25) is 0 Å². The van der Waals surface area contributed by atoms with Gasteiger partial charge >= 0.3 is 0 Å². The van der Waals surface area contributed by atoms with Crippen molar-refractivity contribution in [1.29, 1.82) is 0 Å². The van der Waals surface area contributed by atoms with E-state index in [1.54, 1.807) is 0 Å². The average molecular weight is 227 g/mol. The molecule has 0 aliphatic heterocycles. The van der Waals surface area contributed by atoms with Crippen LogP contribution in [0.5, 0.6) is 0 Å². The average Bonchev–Trinajstić information content (AvgIpc) is 2.21. The molecule has 16 heavy (non-hydrogen) atoms. The summed E-state index contributed by atoms with van der Waals surface area (Å²) < 4.78 is 26.1. The third-order valence-electron chi connectivity index (χ3n) is 2.34. The molecular weight excluding hydrogens is 212 g/mol. The lowest BCUT2D eigenvalue weighted by Gasteiger charge is -2.09. The molecule has 0 fully saturated rings. The smallest absolute Gasteiger partial charge is 0.167 e. The Hall–Kier alpha value is -1.29. The van der Waals surface area contributed by atoms with Crippen LogP contribution >= 0.6 is 0 Å². The molecule has 1 aromatic carbocycles. The summed E-state index contributed by atoms with van der Waals surface area (Å²) in [5.41, 5.74) is 5.46. The fraction of sp³-hybridized carbons (Fsp3) is 0.417. The minimum atomic E-state index is -0.699. The minimum Gasteiger partial charge on any atom is -0.327 e. The lowest BCUT2D eigenvalue weighted by Crippen LogP contribution is -2.24. The molecule has 0 heterocycles. The van der Waals surface area contributed by atoms with Gasteiger partial charge in [-0.15, -0.1) is 0 Å². The van der Waals surface area contributed by atoms with E-state index in [2.05, 4.69) is 0 Å². The van der Waals surface area contributed by atoms with Crippen molar-refractivity contribution >= 4 is 5.78 Å². The molecule has 0 spiro atoms. The van der Waals surface area contributed by atoms with Crippen molar-refractivity contribution in [1.82, 2.24) is 0 Å². The number of benzene rings is 1. The quantitative estimate of drug-likeness (QED) is 0.786. The molecule has 0 saturated heterocycles. The maximum atomic E-state index is 13.2. The molecule has 0 aliphatic carbocycles. The van der Waals surface area contributed by atoms with Crippen molar-refractivity contribution in [3.63, 3.8) is 0 Å². The van der Waals surface area contributed by atoms with Crippen molar-refractivity contribution in [2.24, 2.45) is 5.73 Å². The summed E-state index contributed by atoms with van der Waals surface area (Å²) >= 11 is 0. The molecule has 88 valence electrons. The third-order valence-corrected chi connectivity index (χ3v) is 2.34. The molecule has 2 nitrogen and oxygen atoms in total. The molecule has 0 aliphatic rings. The van der Waals surface area contributed by atoms with Gasteiger partial charge in [0, 0.05) is 12.5 Å². The first-order valence-corrected chi connectivity index (χ1v) is 5.28. The fourth-order valence-electron chi connectivity index (χ4n) is 1.53. The second-order valence-corrected chi connectivity index (χ2v) is 3.80. The highest BCUT2D eigenvalue weighted by Gasteiger charge is 2.15. The number of Topliss-reactive ketones (excluding diaryl/α,β-unsaturated/α-hetero) is 1. The number of rotatable bonds is 5. The fourth-order valence-corrected chi connectivity index (χ4v) is 1.53. The van der Waals surface area contributed by atoms with Crippen LogP contribution in [-0.4, -0.2) is 11.8 Å². The highest BCUT2D eigenvalue weighted by Crippen LogP contribution is 2.13. The molecule has 0 aromatic heterocycles. The van der Waals surface area contributed by atoms with Crippen molar-refractivity contribution in [3.8, 4) is 0 Å². The number of hydrogen-bond acceptors (Lipinski definition) is 2. The second-order valence-electron chi connectivity index (χ2n) is 3.80. The molecular formula is C12H15F2NO. The van der Waals surface area contributed by atoms with Gasteiger partial charge in [0.2, 0.25) is 0 Å². The Balaban J connectivity index is 2.76. The zero-order valence-electron chi connectivity index (χ0n) is 9.17. The van der Waals surface area contributed by atoms with Gasteiger partial charge in [-0.2, -0.15) is 0 Å². The number of nitrogens with two attached hydrogens (primary N) is 1. The van der Waals surface area contributed by atoms with Crippen molar-refractivity contribution < 1.29 is 13.6 Å². The van der Waals surface area contributed by atoms with Crippen molar-refractivity contribution in [2.75, 3.05) is 0 Å². The zero-order valence-corrected chi connectivity index (χ0v) is 9.17. The van der Waals surface area contributed by atoms with Gasteiger partial charge in [0.15, 0.2) is 5.78 Å². The van der Waals surface area contributed by atoms with Crippen LogP contribution in [0.1, 0.15) is 36.5 Å². The Labute approximate surface area is 93.5 Å². The summed E-state index contributed by atoms with van der Waals surface area (Å²) in [5, 5.41) is 0. The Morgan fingerprint density at radius 1 is 1.44 bits per heavy atom. The van der Waals surface area contributed by atoms with Gasteiger partial charge in [-0.05, 0) is 24.6 Å². The molecule has 0 saturated carbocycles. The largest absolute Gasteiger partial charge is 0.327 e. The van der Waals surface area contributed by atoms with Crippen LogP contribution < -0.4 is 5.73 Å². The Morgan fingerprint density at radius 3 is 2.75 bits per heavy atom.